The number of hydrogen-bond acceptors (Lipinski definition) is 5. The Labute approximate surface area is 220 Å². The molecule has 0 spiro atoms. The molecule has 0 aliphatic carbocycles. The Bertz CT molecular complexity index is 993. The van der Waals surface area contributed by atoms with Gasteiger partial charge in [-0.05, 0) is 45.2 Å². The van der Waals surface area contributed by atoms with E-state index in [0.29, 0.717) is 17.7 Å². The highest BCUT2D eigenvalue weighted by molar-refractivity contribution is 5.93. The van der Waals surface area contributed by atoms with Gasteiger partial charge in [0.25, 0.3) is 0 Å². The first-order valence-electron chi connectivity index (χ1n) is 12.5. The molecule has 37 heavy (non-hydrogen) atoms. The van der Waals surface area contributed by atoms with Gasteiger partial charge in [0.2, 0.25) is 17.7 Å². The van der Waals surface area contributed by atoms with E-state index in [2.05, 4.69) is 30.1 Å². The maximum atomic E-state index is 13.9. The van der Waals surface area contributed by atoms with Crippen LogP contribution in [0.15, 0.2) is 36.9 Å². The normalized spacial score (nSPS) is 12.4. The molecule has 0 heterocycles. The zero-order chi connectivity index (χ0) is 28.0. The highest BCUT2D eigenvalue weighted by atomic mass is 16.6. The molecule has 1 aromatic carbocycles. The Morgan fingerprint density at radius 1 is 1.22 bits per heavy atom. The highest BCUT2D eigenvalue weighted by Crippen LogP contribution is 2.26. The molecular formula is C28H40N4O5. The van der Waals surface area contributed by atoms with Gasteiger partial charge in [-0.2, -0.15) is 0 Å². The third kappa shape index (κ3) is 10.8. The zero-order valence-corrected chi connectivity index (χ0v) is 22.3. The lowest BCUT2D eigenvalue weighted by Crippen LogP contribution is -2.53. The van der Waals surface area contributed by atoms with Crippen LogP contribution in [-0.4, -0.2) is 53.4 Å². The second-order valence-corrected chi connectivity index (χ2v) is 9.62. The standard InChI is InChI=1S/C28H40N4O5/c1-7-10-13-18-30-25(34)24(21-15-12-11-14-20(21)9-3)32(19-8-2)26(35)22(16-17-23(29)33)31-27(36)37-28(4,5)6/h3,8,11-12,14-15,22,24H,2,7,10,13,16-19H2,1,4-6H3,(H2,29,33)(H,30,34)(H,31,36). The summed E-state index contributed by atoms with van der Waals surface area (Å²) in [7, 11) is 0. The van der Waals surface area contributed by atoms with Crippen molar-refractivity contribution in [2.45, 2.75) is 77.5 Å². The van der Waals surface area contributed by atoms with Crippen LogP contribution in [0, 0.1) is 12.3 Å². The van der Waals surface area contributed by atoms with Gasteiger partial charge in [0, 0.05) is 25.1 Å². The van der Waals surface area contributed by atoms with Crippen molar-refractivity contribution in [3.8, 4) is 12.3 Å². The van der Waals surface area contributed by atoms with E-state index < -0.39 is 41.5 Å². The number of benzene rings is 1. The summed E-state index contributed by atoms with van der Waals surface area (Å²) in [5.74, 6) is 0.918. The molecule has 202 valence electrons. The number of hydrogen-bond donors (Lipinski definition) is 3. The molecule has 9 nitrogen and oxygen atoms in total. The molecule has 0 aromatic heterocycles. The van der Waals surface area contributed by atoms with Crippen LogP contribution in [0.25, 0.3) is 0 Å². The van der Waals surface area contributed by atoms with Crippen molar-refractivity contribution in [2.75, 3.05) is 13.1 Å². The van der Waals surface area contributed by atoms with Gasteiger partial charge in [-0.15, -0.1) is 13.0 Å². The van der Waals surface area contributed by atoms with Crippen LogP contribution in [-0.2, 0) is 19.1 Å². The maximum Gasteiger partial charge on any atom is 0.408 e. The number of terminal acetylenes is 1. The van der Waals surface area contributed by atoms with Crippen molar-refractivity contribution in [3.05, 3.63) is 48.0 Å². The minimum atomic E-state index is -1.18. The van der Waals surface area contributed by atoms with Crippen LogP contribution in [0.3, 0.4) is 0 Å². The van der Waals surface area contributed by atoms with Gasteiger partial charge in [0.15, 0.2) is 0 Å². The van der Waals surface area contributed by atoms with E-state index in [9.17, 15) is 19.2 Å². The lowest BCUT2D eigenvalue weighted by atomic mass is 9.97. The van der Waals surface area contributed by atoms with E-state index in [1.165, 1.54) is 11.0 Å². The van der Waals surface area contributed by atoms with Crippen molar-refractivity contribution < 1.29 is 23.9 Å². The summed E-state index contributed by atoms with van der Waals surface area (Å²) in [6.45, 7) is 11.3. The molecule has 0 fully saturated rings. The third-order valence-corrected chi connectivity index (χ3v) is 5.33. The number of carbonyl (C=O) groups is 4. The summed E-state index contributed by atoms with van der Waals surface area (Å²) < 4.78 is 5.31. The number of nitrogens with two attached hydrogens (primary N) is 1. The number of ether oxygens (including phenoxy) is 1. The van der Waals surface area contributed by atoms with Gasteiger partial charge < -0.3 is 26.0 Å². The Hall–Kier alpha value is -3.80. The largest absolute Gasteiger partial charge is 0.444 e. The topological polar surface area (TPSA) is 131 Å². The highest BCUT2D eigenvalue weighted by Gasteiger charge is 2.36. The van der Waals surface area contributed by atoms with Crippen LogP contribution in [0.1, 0.15) is 77.0 Å². The Morgan fingerprint density at radius 2 is 1.89 bits per heavy atom. The van der Waals surface area contributed by atoms with Gasteiger partial charge in [-0.1, -0.05) is 50.0 Å². The maximum absolute atomic E-state index is 13.9. The number of unbranched alkanes of at least 4 members (excludes halogenated alkanes) is 2. The number of amides is 4. The van der Waals surface area contributed by atoms with E-state index >= 15 is 0 Å². The SMILES string of the molecule is C#Cc1ccccc1C(C(=O)NCCCCC)N(CC=C)C(=O)C(CCC(N)=O)NC(=O)OC(C)(C)C. The summed E-state index contributed by atoms with van der Waals surface area (Å²) in [5, 5.41) is 5.44. The fourth-order valence-electron chi connectivity index (χ4n) is 3.66. The van der Waals surface area contributed by atoms with Crippen molar-refractivity contribution in [2.24, 2.45) is 5.73 Å². The number of nitrogens with one attached hydrogen (secondary N) is 2. The number of carbonyl (C=O) groups excluding carboxylic acids is 4. The predicted molar refractivity (Wildman–Crippen MR) is 143 cm³/mol. The Morgan fingerprint density at radius 3 is 2.46 bits per heavy atom. The first-order valence-corrected chi connectivity index (χ1v) is 12.5. The van der Waals surface area contributed by atoms with Crippen LogP contribution >= 0.6 is 0 Å². The molecular weight excluding hydrogens is 472 g/mol. The monoisotopic (exact) mass is 512 g/mol. The smallest absolute Gasteiger partial charge is 0.408 e. The number of nitrogens with zero attached hydrogens (tertiary/aromatic N) is 1. The third-order valence-electron chi connectivity index (χ3n) is 5.33. The summed E-state index contributed by atoms with van der Waals surface area (Å²) in [6.07, 6.45) is 8.82. The van der Waals surface area contributed by atoms with E-state index in [-0.39, 0.29) is 19.4 Å². The predicted octanol–water partition coefficient (Wildman–Crippen LogP) is 3.19. The molecule has 0 radical (unpaired) electrons. The fourth-order valence-corrected chi connectivity index (χ4v) is 3.66. The quantitative estimate of drug-likeness (QED) is 0.200. The Balaban J connectivity index is 3.47. The lowest BCUT2D eigenvalue weighted by Gasteiger charge is -2.34. The molecule has 4 amide bonds. The summed E-state index contributed by atoms with van der Waals surface area (Å²) >= 11 is 0. The molecule has 0 saturated heterocycles. The molecule has 2 unspecified atom stereocenters. The minimum absolute atomic E-state index is 0.0200. The summed E-state index contributed by atoms with van der Waals surface area (Å²) in [6, 6.07) is 4.56. The lowest BCUT2D eigenvalue weighted by molar-refractivity contribution is -0.142. The van der Waals surface area contributed by atoms with E-state index in [1.54, 1.807) is 45.0 Å². The van der Waals surface area contributed by atoms with Crippen molar-refractivity contribution in [3.63, 3.8) is 0 Å². The molecule has 0 aliphatic rings. The number of rotatable bonds is 14. The first kappa shape index (κ1) is 31.2. The number of primary amides is 1. The van der Waals surface area contributed by atoms with Gasteiger partial charge >= 0.3 is 6.09 Å². The molecule has 0 aliphatic heterocycles. The van der Waals surface area contributed by atoms with Gasteiger partial charge in [-0.25, -0.2) is 4.79 Å². The van der Waals surface area contributed by atoms with Gasteiger partial charge in [0.1, 0.15) is 17.7 Å². The first-order chi connectivity index (χ1) is 17.4. The van der Waals surface area contributed by atoms with Crippen molar-refractivity contribution >= 4 is 23.8 Å². The second-order valence-electron chi connectivity index (χ2n) is 9.62. The van der Waals surface area contributed by atoms with Crippen molar-refractivity contribution in [1.82, 2.24) is 15.5 Å². The van der Waals surface area contributed by atoms with Crippen LogP contribution in [0.4, 0.5) is 4.79 Å². The van der Waals surface area contributed by atoms with Crippen LogP contribution in [0.2, 0.25) is 0 Å². The van der Waals surface area contributed by atoms with E-state index in [0.717, 1.165) is 19.3 Å². The molecule has 1 aromatic rings. The van der Waals surface area contributed by atoms with Crippen molar-refractivity contribution in [1.29, 1.82) is 0 Å². The van der Waals surface area contributed by atoms with E-state index in [1.807, 2.05) is 0 Å². The average Bonchev–Trinajstić information content (AvgIpc) is 2.82. The average molecular weight is 513 g/mol. The van der Waals surface area contributed by atoms with Crippen LogP contribution < -0.4 is 16.4 Å². The summed E-state index contributed by atoms with van der Waals surface area (Å²) in [4.78, 5) is 52.7. The van der Waals surface area contributed by atoms with Gasteiger partial charge in [0.05, 0.1) is 0 Å². The zero-order valence-electron chi connectivity index (χ0n) is 22.3. The Kier molecular flexibility index (Phi) is 12.9. The molecule has 4 N–H and O–H groups in total. The van der Waals surface area contributed by atoms with Crippen LogP contribution in [0.5, 0.6) is 0 Å². The number of alkyl carbamates (subject to hydrolysis) is 1. The minimum Gasteiger partial charge on any atom is -0.444 e. The molecule has 0 saturated carbocycles. The summed E-state index contributed by atoms with van der Waals surface area (Å²) in [5.41, 5.74) is 5.41. The molecule has 9 heteroatoms. The second kappa shape index (κ2) is 15.3. The molecule has 1 rings (SSSR count). The molecule has 0 bridgehead atoms. The molecule has 2 atom stereocenters. The van der Waals surface area contributed by atoms with Gasteiger partial charge in [-0.3, -0.25) is 14.4 Å². The fraction of sp³-hybridized carbons (Fsp3) is 0.500. The van der Waals surface area contributed by atoms with E-state index in [4.69, 9.17) is 16.9 Å².